The van der Waals surface area contributed by atoms with Gasteiger partial charge in [-0.2, -0.15) is 0 Å². The van der Waals surface area contributed by atoms with Crippen LogP contribution in [0.1, 0.15) is 57.8 Å². The van der Waals surface area contributed by atoms with E-state index in [2.05, 4.69) is 11.2 Å². The smallest absolute Gasteiger partial charge is 0.0763 e. The molecule has 2 aliphatic rings. The lowest BCUT2D eigenvalue weighted by atomic mass is 9.89. The Balaban J connectivity index is 1.80. The zero-order valence-electron chi connectivity index (χ0n) is 9.57. The van der Waals surface area contributed by atoms with Crippen LogP contribution in [0.4, 0.5) is 0 Å². The van der Waals surface area contributed by atoms with Crippen molar-refractivity contribution in [3.63, 3.8) is 0 Å². The molecule has 2 saturated carbocycles. The fourth-order valence-corrected chi connectivity index (χ4v) is 2.78. The Morgan fingerprint density at radius 1 is 0.867 bits per heavy atom. The summed E-state index contributed by atoms with van der Waals surface area (Å²) in [5.74, 6) is 0.702. The molecular weight excluding hydrogens is 186 g/mol. The lowest BCUT2D eigenvalue weighted by Crippen LogP contribution is -2.28. The maximum Gasteiger partial charge on any atom is 0.0763 e. The van der Waals surface area contributed by atoms with Crippen LogP contribution >= 0.6 is 0 Å². The lowest BCUT2D eigenvalue weighted by molar-refractivity contribution is 0.109. The first-order valence-electron chi connectivity index (χ1n) is 6.57. The predicted molar refractivity (Wildman–Crippen MR) is 63.3 cm³/mol. The van der Waals surface area contributed by atoms with Crippen LogP contribution in [-0.4, -0.2) is 23.5 Å². The van der Waals surface area contributed by atoms with Gasteiger partial charge in [0.1, 0.15) is 0 Å². The Labute approximate surface area is 92.8 Å². The van der Waals surface area contributed by atoms with Crippen LogP contribution in [-0.2, 0) is 0 Å². The molecule has 2 fully saturated rings. The molecule has 0 saturated heterocycles. The summed E-state index contributed by atoms with van der Waals surface area (Å²) in [5, 5.41) is 9.78. The quantitative estimate of drug-likeness (QED) is 0.697. The van der Waals surface area contributed by atoms with E-state index in [1.54, 1.807) is 0 Å². The number of aliphatic imine (C=N–C) groups is 1. The summed E-state index contributed by atoms with van der Waals surface area (Å²) in [6.45, 7) is 0. The topological polar surface area (TPSA) is 32.6 Å². The van der Waals surface area contributed by atoms with E-state index < -0.39 is 0 Å². The van der Waals surface area contributed by atoms with Gasteiger partial charge in [-0.15, -0.1) is 0 Å². The van der Waals surface area contributed by atoms with Gasteiger partial charge in [0.25, 0.3) is 0 Å². The number of hydrogen-bond donors (Lipinski definition) is 1. The average molecular weight is 209 g/mol. The first kappa shape index (κ1) is 11.1. The third-order valence-electron chi connectivity index (χ3n) is 3.83. The molecule has 0 aromatic rings. The van der Waals surface area contributed by atoms with Crippen LogP contribution in [0, 0.1) is 5.92 Å². The van der Waals surface area contributed by atoms with E-state index >= 15 is 0 Å². The second-order valence-electron chi connectivity index (χ2n) is 5.12. The molecule has 0 heterocycles. The van der Waals surface area contributed by atoms with Gasteiger partial charge < -0.3 is 5.11 Å². The highest BCUT2D eigenvalue weighted by Gasteiger charge is 2.22. The minimum absolute atomic E-state index is 0.168. The van der Waals surface area contributed by atoms with Gasteiger partial charge in [-0.25, -0.2) is 0 Å². The van der Waals surface area contributed by atoms with Crippen molar-refractivity contribution in [2.45, 2.75) is 69.9 Å². The van der Waals surface area contributed by atoms with E-state index in [-0.39, 0.29) is 12.1 Å². The van der Waals surface area contributed by atoms with E-state index in [1.807, 2.05) is 0 Å². The minimum atomic E-state index is -0.168. The summed E-state index contributed by atoms with van der Waals surface area (Å²) in [6, 6.07) is 0.209. The monoisotopic (exact) mass is 209 g/mol. The summed E-state index contributed by atoms with van der Waals surface area (Å²) in [6.07, 6.45) is 13.2. The summed E-state index contributed by atoms with van der Waals surface area (Å²) >= 11 is 0. The Hall–Kier alpha value is -0.370. The third kappa shape index (κ3) is 3.30. The minimum Gasteiger partial charge on any atom is -0.391 e. The number of aliphatic hydroxyl groups excluding tert-OH is 1. The van der Waals surface area contributed by atoms with Gasteiger partial charge in [-0.05, 0) is 31.6 Å². The molecule has 2 nitrogen and oxygen atoms in total. The van der Waals surface area contributed by atoms with Gasteiger partial charge in [0, 0.05) is 6.21 Å². The number of rotatable bonds is 2. The van der Waals surface area contributed by atoms with Gasteiger partial charge >= 0.3 is 0 Å². The maximum absolute atomic E-state index is 9.78. The summed E-state index contributed by atoms with van der Waals surface area (Å²) in [7, 11) is 0. The van der Waals surface area contributed by atoms with E-state index in [1.165, 1.54) is 44.9 Å². The van der Waals surface area contributed by atoms with Crippen LogP contribution in [0.25, 0.3) is 0 Å². The molecule has 0 aliphatic heterocycles. The highest BCUT2D eigenvalue weighted by molar-refractivity contribution is 5.61. The molecule has 1 N–H and O–H groups in total. The van der Waals surface area contributed by atoms with Crippen molar-refractivity contribution in [2.24, 2.45) is 10.9 Å². The van der Waals surface area contributed by atoms with Crippen molar-refractivity contribution in [3.8, 4) is 0 Å². The summed E-state index contributed by atoms with van der Waals surface area (Å²) < 4.78 is 0. The Morgan fingerprint density at radius 3 is 2.27 bits per heavy atom. The van der Waals surface area contributed by atoms with Crippen LogP contribution in [0.15, 0.2) is 4.99 Å². The molecule has 0 bridgehead atoms. The van der Waals surface area contributed by atoms with E-state index in [4.69, 9.17) is 0 Å². The SMILES string of the molecule is OC1CCCCC1N=CC1CCCCC1. The van der Waals surface area contributed by atoms with E-state index in [9.17, 15) is 5.11 Å². The zero-order chi connectivity index (χ0) is 10.5. The number of hydrogen-bond acceptors (Lipinski definition) is 2. The number of aliphatic hydroxyl groups is 1. The lowest BCUT2D eigenvalue weighted by Gasteiger charge is -2.25. The normalized spacial score (nSPS) is 34.7. The largest absolute Gasteiger partial charge is 0.391 e. The van der Waals surface area contributed by atoms with Crippen LogP contribution in [0.3, 0.4) is 0 Å². The van der Waals surface area contributed by atoms with Gasteiger partial charge in [0.2, 0.25) is 0 Å². The molecule has 2 aliphatic carbocycles. The molecule has 2 heteroatoms. The molecule has 15 heavy (non-hydrogen) atoms. The third-order valence-corrected chi connectivity index (χ3v) is 3.83. The zero-order valence-corrected chi connectivity index (χ0v) is 9.57. The molecule has 0 aromatic carbocycles. The van der Waals surface area contributed by atoms with Crippen molar-refractivity contribution < 1.29 is 5.11 Å². The molecular formula is C13H23NO. The van der Waals surface area contributed by atoms with Crippen LogP contribution in [0.2, 0.25) is 0 Å². The Kier molecular flexibility index (Phi) is 4.18. The highest BCUT2D eigenvalue weighted by atomic mass is 16.3. The fraction of sp³-hybridized carbons (Fsp3) is 0.923. The Morgan fingerprint density at radius 2 is 1.53 bits per heavy atom. The van der Waals surface area contributed by atoms with Gasteiger partial charge in [-0.3, -0.25) is 4.99 Å². The van der Waals surface area contributed by atoms with Crippen molar-refractivity contribution in [1.82, 2.24) is 0 Å². The van der Waals surface area contributed by atoms with E-state index in [0.717, 1.165) is 12.8 Å². The molecule has 0 aromatic heterocycles. The van der Waals surface area contributed by atoms with Crippen molar-refractivity contribution in [3.05, 3.63) is 0 Å². The highest BCUT2D eigenvalue weighted by Crippen LogP contribution is 2.24. The molecule has 2 rings (SSSR count). The second kappa shape index (κ2) is 5.64. The molecule has 86 valence electrons. The van der Waals surface area contributed by atoms with E-state index in [0.29, 0.717) is 5.92 Å². The first-order valence-corrected chi connectivity index (χ1v) is 6.57. The van der Waals surface area contributed by atoms with Crippen molar-refractivity contribution >= 4 is 6.21 Å². The summed E-state index contributed by atoms with van der Waals surface area (Å²) in [5.41, 5.74) is 0. The molecule has 2 unspecified atom stereocenters. The van der Waals surface area contributed by atoms with Crippen LogP contribution < -0.4 is 0 Å². The number of nitrogens with zero attached hydrogens (tertiary/aromatic N) is 1. The Bertz CT molecular complexity index is 209. The molecule has 0 spiro atoms. The molecule has 0 amide bonds. The average Bonchev–Trinajstić information content (AvgIpc) is 2.29. The maximum atomic E-state index is 9.78. The predicted octanol–water partition coefficient (Wildman–Crippen LogP) is 2.94. The standard InChI is InChI=1S/C13H23NO/c15-13-9-5-4-8-12(13)14-10-11-6-2-1-3-7-11/h10-13,15H,1-9H2. The van der Waals surface area contributed by atoms with Crippen LogP contribution in [0.5, 0.6) is 0 Å². The molecule has 0 radical (unpaired) electrons. The van der Waals surface area contributed by atoms with Gasteiger partial charge in [0.15, 0.2) is 0 Å². The van der Waals surface area contributed by atoms with Gasteiger partial charge in [0.05, 0.1) is 12.1 Å². The van der Waals surface area contributed by atoms with Crippen molar-refractivity contribution in [2.75, 3.05) is 0 Å². The fourth-order valence-electron chi connectivity index (χ4n) is 2.78. The summed E-state index contributed by atoms with van der Waals surface area (Å²) in [4.78, 5) is 4.61. The van der Waals surface area contributed by atoms with Gasteiger partial charge in [-0.1, -0.05) is 32.1 Å². The molecule has 2 atom stereocenters. The first-order chi connectivity index (χ1) is 7.36. The second-order valence-corrected chi connectivity index (χ2v) is 5.12. The van der Waals surface area contributed by atoms with Crippen molar-refractivity contribution in [1.29, 1.82) is 0 Å².